The molecule has 0 saturated carbocycles. The largest absolute Gasteiger partial charge is 0.493 e. The average Bonchev–Trinajstić information content (AvgIpc) is 3.27. The molecule has 29 heavy (non-hydrogen) atoms. The van der Waals surface area contributed by atoms with Crippen LogP contribution >= 0.6 is 11.3 Å². The summed E-state index contributed by atoms with van der Waals surface area (Å²) in [7, 11) is 3.31. The molecule has 2 heterocycles. The highest BCUT2D eigenvalue weighted by Gasteiger charge is 2.40. The summed E-state index contributed by atoms with van der Waals surface area (Å²) in [5.41, 5.74) is 4.83. The molecule has 1 aliphatic heterocycles. The van der Waals surface area contributed by atoms with Crippen molar-refractivity contribution in [3.05, 3.63) is 81.0 Å². The van der Waals surface area contributed by atoms with Crippen LogP contribution in [0.5, 0.6) is 11.5 Å². The van der Waals surface area contributed by atoms with Crippen molar-refractivity contribution in [2.75, 3.05) is 20.8 Å². The van der Waals surface area contributed by atoms with E-state index in [4.69, 9.17) is 9.47 Å². The molecule has 3 aromatic rings. The quantitative estimate of drug-likeness (QED) is 0.638. The van der Waals surface area contributed by atoms with Gasteiger partial charge in [0.15, 0.2) is 11.5 Å². The Morgan fingerprint density at radius 1 is 1.00 bits per heavy atom. The van der Waals surface area contributed by atoms with E-state index in [0.29, 0.717) is 12.3 Å². The number of nitrogens with zero attached hydrogens (tertiary/aromatic N) is 1. The summed E-state index contributed by atoms with van der Waals surface area (Å²) in [6, 6.07) is 16.5. The van der Waals surface area contributed by atoms with Crippen molar-refractivity contribution in [3.63, 3.8) is 0 Å². The topological polar surface area (TPSA) is 38.8 Å². The van der Waals surface area contributed by atoms with Crippen molar-refractivity contribution in [1.29, 1.82) is 0 Å². The molecule has 1 amide bonds. The molecule has 0 bridgehead atoms. The number of thiophene rings is 1. The number of amides is 1. The molecule has 2 aromatic carbocycles. The van der Waals surface area contributed by atoms with Gasteiger partial charge in [-0.15, -0.1) is 11.3 Å². The van der Waals surface area contributed by atoms with Gasteiger partial charge in [0, 0.05) is 11.4 Å². The van der Waals surface area contributed by atoms with Crippen LogP contribution in [0.2, 0.25) is 0 Å². The van der Waals surface area contributed by atoms with Crippen LogP contribution in [-0.4, -0.2) is 31.6 Å². The number of ether oxygens (including phenoxy) is 2. The fourth-order valence-corrected chi connectivity index (χ4v) is 5.47. The molecule has 0 spiro atoms. The van der Waals surface area contributed by atoms with Gasteiger partial charge in [0.1, 0.15) is 0 Å². The molecule has 0 fully saturated rings. The standard InChI is InChI=1S/C24H23NO3S/c1-27-20-13-16-9-10-25(24(26)19-12-15-6-3-4-7-17(15)19)23(22-8-5-11-29-22)18(16)14-21(20)28-2/h3-8,11,13-14,19,23H,9-10,12H2,1-2H3/t19-,23-/m0/s1. The van der Waals surface area contributed by atoms with Crippen LogP contribution in [0, 0.1) is 0 Å². The Morgan fingerprint density at radius 3 is 2.52 bits per heavy atom. The molecule has 1 aromatic heterocycles. The van der Waals surface area contributed by atoms with Gasteiger partial charge < -0.3 is 14.4 Å². The Labute approximate surface area is 174 Å². The van der Waals surface area contributed by atoms with Gasteiger partial charge in [0.05, 0.1) is 26.2 Å². The van der Waals surface area contributed by atoms with Gasteiger partial charge in [-0.3, -0.25) is 4.79 Å². The van der Waals surface area contributed by atoms with Crippen LogP contribution in [0.15, 0.2) is 53.9 Å². The Morgan fingerprint density at radius 2 is 1.79 bits per heavy atom. The van der Waals surface area contributed by atoms with Crippen LogP contribution in [0.3, 0.4) is 0 Å². The summed E-state index contributed by atoms with van der Waals surface area (Å²) in [6.07, 6.45) is 1.65. The Hall–Kier alpha value is -2.79. The van der Waals surface area contributed by atoms with Crippen molar-refractivity contribution in [1.82, 2.24) is 4.90 Å². The molecular formula is C24H23NO3S. The van der Waals surface area contributed by atoms with E-state index in [9.17, 15) is 4.79 Å². The van der Waals surface area contributed by atoms with E-state index >= 15 is 0 Å². The molecule has 2 atom stereocenters. The van der Waals surface area contributed by atoms with E-state index in [2.05, 4.69) is 40.6 Å². The summed E-state index contributed by atoms with van der Waals surface area (Å²) >= 11 is 1.69. The van der Waals surface area contributed by atoms with Gasteiger partial charge in [-0.2, -0.15) is 0 Å². The maximum atomic E-state index is 13.6. The molecule has 0 N–H and O–H groups in total. The number of methoxy groups -OCH3 is 2. The fraction of sp³-hybridized carbons (Fsp3) is 0.292. The SMILES string of the molecule is COc1cc2c(cc1OC)[C@@H](c1cccs1)N(C(=O)[C@H]1Cc3ccccc31)CC2. The monoisotopic (exact) mass is 405 g/mol. The second-order valence-electron chi connectivity index (χ2n) is 7.56. The highest BCUT2D eigenvalue weighted by Crippen LogP contribution is 2.45. The van der Waals surface area contributed by atoms with Crippen LogP contribution in [0.25, 0.3) is 0 Å². The van der Waals surface area contributed by atoms with Crippen LogP contribution < -0.4 is 9.47 Å². The number of hydrogen-bond donors (Lipinski definition) is 0. The van der Waals surface area contributed by atoms with E-state index in [1.165, 1.54) is 21.6 Å². The van der Waals surface area contributed by atoms with E-state index in [1.807, 2.05) is 18.2 Å². The smallest absolute Gasteiger partial charge is 0.231 e. The lowest BCUT2D eigenvalue weighted by molar-refractivity contribution is -0.135. The van der Waals surface area contributed by atoms with E-state index < -0.39 is 0 Å². The summed E-state index contributed by atoms with van der Waals surface area (Å²) in [6.45, 7) is 0.711. The molecule has 0 unspecified atom stereocenters. The highest BCUT2D eigenvalue weighted by atomic mass is 32.1. The highest BCUT2D eigenvalue weighted by molar-refractivity contribution is 7.10. The van der Waals surface area contributed by atoms with E-state index in [1.54, 1.807) is 25.6 Å². The zero-order chi connectivity index (χ0) is 20.0. The molecule has 4 nitrogen and oxygen atoms in total. The van der Waals surface area contributed by atoms with E-state index in [0.717, 1.165) is 24.2 Å². The minimum atomic E-state index is -0.0844. The molecule has 5 rings (SSSR count). The van der Waals surface area contributed by atoms with Crippen molar-refractivity contribution in [2.24, 2.45) is 0 Å². The predicted octanol–water partition coefficient (Wildman–Crippen LogP) is 4.58. The Kier molecular flexibility index (Phi) is 4.55. The van der Waals surface area contributed by atoms with Crippen LogP contribution in [0.1, 0.15) is 39.1 Å². The summed E-state index contributed by atoms with van der Waals surface area (Å²) < 4.78 is 11.1. The predicted molar refractivity (Wildman–Crippen MR) is 114 cm³/mol. The Bertz CT molecular complexity index is 1060. The molecular weight excluding hydrogens is 382 g/mol. The average molecular weight is 406 g/mol. The van der Waals surface area contributed by atoms with Gasteiger partial charge in [-0.1, -0.05) is 30.3 Å². The van der Waals surface area contributed by atoms with Gasteiger partial charge in [-0.25, -0.2) is 0 Å². The third-order valence-electron chi connectivity index (χ3n) is 6.12. The first-order valence-electron chi connectivity index (χ1n) is 9.87. The lowest BCUT2D eigenvalue weighted by atomic mass is 9.76. The van der Waals surface area contributed by atoms with Gasteiger partial charge in [-0.05, 0) is 58.7 Å². The molecule has 0 saturated heterocycles. The summed E-state index contributed by atoms with van der Waals surface area (Å²) in [5.74, 6) is 1.64. The first-order chi connectivity index (χ1) is 14.2. The second kappa shape index (κ2) is 7.23. The second-order valence-corrected chi connectivity index (χ2v) is 8.54. The summed E-state index contributed by atoms with van der Waals surface area (Å²) in [5, 5.41) is 2.08. The molecule has 5 heteroatoms. The number of hydrogen-bond acceptors (Lipinski definition) is 4. The van der Waals surface area contributed by atoms with Gasteiger partial charge in [0.25, 0.3) is 0 Å². The van der Waals surface area contributed by atoms with Crippen molar-refractivity contribution in [2.45, 2.75) is 24.8 Å². The van der Waals surface area contributed by atoms with Gasteiger partial charge >= 0.3 is 0 Å². The van der Waals surface area contributed by atoms with E-state index in [-0.39, 0.29) is 17.9 Å². The van der Waals surface area contributed by atoms with Gasteiger partial charge in [0.2, 0.25) is 5.91 Å². The van der Waals surface area contributed by atoms with Crippen molar-refractivity contribution >= 4 is 17.2 Å². The minimum Gasteiger partial charge on any atom is -0.493 e. The molecule has 0 radical (unpaired) electrons. The maximum Gasteiger partial charge on any atom is 0.231 e. The van der Waals surface area contributed by atoms with Crippen LogP contribution in [0.4, 0.5) is 0 Å². The van der Waals surface area contributed by atoms with Crippen LogP contribution in [-0.2, 0) is 17.6 Å². The van der Waals surface area contributed by atoms with Crippen molar-refractivity contribution < 1.29 is 14.3 Å². The number of rotatable bonds is 4. The zero-order valence-corrected chi connectivity index (χ0v) is 17.4. The fourth-order valence-electron chi connectivity index (χ4n) is 4.62. The molecule has 1 aliphatic carbocycles. The zero-order valence-electron chi connectivity index (χ0n) is 16.6. The first-order valence-corrected chi connectivity index (χ1v) is 10.8. The minimum absolute atomic E-state index is 0.0321. The lowest BCUT2D eigenvalue weighted by Gasteiger charge is -2.41. The Balaban J connectivity index is 1.56. The normalized spacial score (nSPS) is 19.7. The van der Waals surface area contributed by atoms with Crippen molar-refractivity contribution in [3.8, 4) is 11.5 Å². The lowest BCUT2D eigenvalue weighted by Crippen LogP contribution is -2.45. The maximum absolute atomic E-state index is 13.6. The number of benzene rings is 2. The number of fused-ring (bicyclic) bond motifs is 2. The molecule has 2 aliphatic rings. The molecule has 148 valence electrons. The summed E-state index contributed by atoms with van der Waals surface area (Å²) in [4.78, 5) is 16.9. The third-order valence-corrected chi connectivity index (χ3v) is 7.05. The third kappa shape index (κ3) is 2.92. The first kappa shape index (κ1) is 18.3. The number of carbonyl (C=O) groups is 1. The number of carbonyl (C=O) groups excluding carboxylic acids is 1.